The first-order chi connectivity index (χ1) is 12.6. The fraction of sp³-hybridized carbons (Fsp3) is 0.556. The summed E-state index contributed by atoms with van der Waals surface area (Å²) in [5, 5.41) is 11.7. The molecule has 0 radical (unpaired) electrons. The van der Waals surface area contributed by atoms with Crippen LogP contribution in [0.4, 0.5) is 15.6 Å². The summed E-state index contributed by atoms with van der Waals surface area (Å²) in [6, 6.07) is 4.85. The molecule has 2 heterocycles. The molecule has 0 unspecified atom stereocenters. The van der Waals surface area contributed by atoms with Gasteiger partial charge in [-0.05, 0) is 39.7 Å². The summed E-state index contributed by atoms with van der Waals surface area (Å²) in [4.78, 5) is 31.3. The maximum atomic E-state index is 12.4. The third-order valence-electron chi connectivity index (χ3n) is 4.47. The summed E-state index contributed by atoms with van der Waals surface area (Å²) in [6.45, 7) is 6.84. The molecule has 1 saturated heterocycles. The molecule has 1 aliphatic heterocycles. The molecule has 1 atom stereocenters. The van der Waals surface area contributed by atoms with Crippen molar-refractivity contribution in [3.63, 3.8) is 0 Å². The number of aromatic nitrogens is 1. The zero-order valence-corrected chi connectivity index (χ0v) is 16.8. The van der Waals surface area contributed by atoms with Crippen molar-refractivity contribution in [1.29, 1.82) is 0 Å². The van der Waals surface area contributed by atoms with Gasteiger partial charge in [0.05, 0.1) is 15.1 Å². The van der Waals surface area contributed by atoms with Gasteiger partial charge in [0.15, 0.2) is 5.13 Å². The molecule has 0 aliphatic carbocycles. The van der Waals surface area contributed by atoms with Crippen LogP contribution in [0.2, 0.25) is 0 Å². The number of hydrogen-bond acceptors (Lipinski definition) is 7. The Labute approximate surface area is 161 Å². The number of likely N-dealkylation sites (tertiary alicyclic amines) is 1. The number of piperidine rings is 1. The number of fused-ring (bicyclic) bond motifs is 1. The Morgan fingerprint density at radius 1 is 1.44 bits per heavy atom. The van der Waals surface area contributed by atoms with Gasteiger partial charge in [0.2, 0.25) is 0 Å². The van der Waals surface area contributed by atoms with E-state index >= 15 is 0 Å². The highest BCUT2D eigenvalue weighted by Gasteiger charge is 2.30. The first-order valence-corrected chi connectivity index (χ1v) is 9.71. The Bertz CT molecular complexity index is 861. The molecule has 27 heavy (non-hydrogen) atoms. The molecule has 0 N–H and O–H groups in total. The largest absolute Gasteiger partial charge is 0.444 e. The van der Waals surface area contributed by atoms with Gasteiger partial charge in [-0.25, -0.2) is 9.78 Å². The van der Waals surface area contributed by atoms with Crippen molar-refractivity contribution in [2.75, 3.05) is 25.0 Å². The Balaban J connectivity index is 1.74. The number of hydrogen-bond donors (Lipinski definition) is 0. The topological polar surface area (TPSA) is 88.8 Å². The number of benzene rings is 1. The molecule has 1 aromatic carbocycles. The van der Waals surface area contributed by atoms with Crippen LogP contribution in [0.25, 0.3) is 10.2 Å². The van der Waals surface area contributed by atoms with Gasteiger partial charge in [-0.1, -0.05) is 11.3 Å². The molecule has 1 aliphatic rings. The number of ether oxygens (including phenoxy) is 1. The summed E-state index contributed by atoms with van der Waals surface area (Å²) < 4.78 is 6.39. The third kappa shape index (κ3) is 4.47. The fourth-order valence-corrected chi connectivity index (χ4v) is 4.07. The van der Waals surface area contributed by atoms with Crippen LogP contribution < -0.4 is 4.90 Å². The van der Waals surface area contributed by atoms with Crippen molar-refractivity contribution in [2.24, 2.45) is 0 Å². The molecular weight excluding hydrogens is 368 g/mol. The molecule has 1 amide bonds. The average molecular weight is 392 g/mol. The molecule has 146 valence electrons. The number of non-ortho nitro benzene ring substituents is 1. The smallest absolute Gasteiger partial charge is 0.410 e. The average Bonchev–Trinajstić information content (AvgIpc) is 3.02. The summed E-state index contributed by atoms with van der Waals surface area (Å²) in [7, 11) is 1.95. The van der Waals surface area contributed by atoms with E-state index in [1.165, 1.54) is 23.5 Å². The van der Waals surface area contributed by atoms with Crippen LogP contribution >= 0.6 is 11.3 Å². The van der Waals surface area contributed by atoms with Gasteiger partial charge in [0.1, 0.15) is 5.60 Å². The Morgan fingerprint density at radius 3 is 2.85 bits per heavy atom. The first-order valence-electron chi connectivity index (χ1n) is 8.90. The maximum absolute atomic E-state index is 12.4. The van der Waals surface area contributed by atoms with Gasteiger partial charge >= 0.3 is 6.09 Å². The standard InChI is InChI=1S/C18H24N4O4S/c1-18(2,3)26-17(23)21-9-5-6-13(11-21)20(4)16-19-14-10-12(22(24)25)7-8-15(14)27-16/h7-8,10,13H,5-6,9,11H2,1-4H3/t13-/m1/s1. The molecule has 8 nitrogen and oxygen atoms in total. The lowest BCUT2D eigenvalue weighted by molar-refractivity contribution is -0.384. The molecule has 0 saturated carbocycles. The number of thiazole rings is 1. The number of amides is 1. The normalized spacial score (nSPS) is 17.8. The second kappa shape index (κ2) is 7.30. The second-order valence-corrected chi connectivity index (χ2v) is 8.75. The third-order valence-corrected chi connectivity index (χ3v) is 5.60. The fourth-order valence-electron chi connectivity index (χ4n) is 3.09. The Hall–Kier alpha value is -2.42. The van der Waals surface area contributed by atoms with E-state index in [0.717, 1.165) is 22.7 Å². The van der Waals surface area contributed by atoms with Gasteiger partial charge in [-0.3, -0.25) is 10.1 Å². The number of nitrogens with zero attached hydrogens (tertiary/aromatic N) is 4. The summed E-state index contributed by atoms with van der Waals surface area (Å²) >= 11 is 1.50. The maximum Gasteiger partial charge on any atom is 0.410 e. The summed E-state index contributed by atoms with van der Waals surface area (Å²) in [5.74, 6) is 0. The van der Waals surface area contributed by atoms with E-state index in [1.807, 2.05) is 27.8 Å². The number of rotatable bonds is 3. The highest BCUT2D eigenvalue weighted by Crippen LogP contribution is 2.32. The van der Waals surface area contributed by atoms with Crippen LogP contribution in [0.3, 0.4) is 0 Å². The quantitative estimate of drug-likeness (QED) is 0.578. The molecule has 3 rings (SSSR count). The van der Waals surface area contributed by atoms with Gasteiger partial charge in [-0.15, -0.1) is 0 Å². The van der Waals surface area contributed by atoms with Crippen LogP contribution in [0.1, 0.15) is 33.6 Å². The summed E-state index contributed by atoms with van der Waals surface area (Å²) in [6.07, 6.45) is 1.55. The van der Waals surface area contributed by atoms with Crippen molar-refractivity contribution >= 4 is 38.5 Å². The molecule has 1 fully saturated rings. The van der Waals surface area contributed by atoms with Crippen molar-refractivity contribution in [2.45, 2.75) is 45.3 Å². The molecule has 0 spiro atoms. The lowest BCUT2D eigenvalue weighted by atomic mass is 10.1. The van der Waals surface area contributed by atoms with E-state index in [-0.39, 0.29) is 17.8 Å². The van der Waals surface area contributed by atoms with Crippen molar-refractivity contribution in [3.05, 3.63) is 28.3 Å². The molecular formula is C18H24N4O4S. The van der Waals surface area contributed by atoms with Crippen LogP contribution in [-0.2, 0) is 4.74 Å². The first kappa shape index (κ1) is 19.3. The highest BCUT2D eigenvalue weighted by molar-refractivity contribution is 7.22. The zero-order valence-electron chi connectivity index (χ0n) is 16.0. The monoisotopic (exact) mass is 392 g/mol. The molecule has 0 bridgehead atoms. The predicted molar refractivity (Wildman–Crippen MR) is 106 cm³/mol. The number of anilines is 1. The highest BCUT2D eigenvalue weighted by atomic mass is 32.1. The lowest BCUT2D eigenvalue weighted by Crippen LogP contribution is -2.50. The Morgan fingerprint density at radius 2 is 2.19 bits per heavy atom. The van der Waals surface area contributed by atoms with E-state index in [4.69, 9.17) is 4.74 Å². The minimum absolute atomic E-state index is 0.0378. The molecule has 9 heteroatoms. The van der Waals surface area contributed by atoms with Crippen LogP contribution in [0, 0.1) is 10.1 Å². The van der Waals surface area contributed by atoms with Gasteiger partial charge in [0.25, 0.3) is 5.69 Å². The minimum Gasteiger partial charge on any atom is -0.444 e. The van der Waals surface area contributed by atoms with Gasteiger partial charge in [0, 0.05) is 38.3 Å². The predicted octanol–water partition coefficient (Wildman–Crippen LogP) is 4.04. The van der Waals surface area contributed by atoms with Crippen molar-refractivity contribution in [3.8, 4) is 0 Å². The van der Waals surface area contributed by atoms with Gasteiger partial charge < -0.3 is 14.5 Å². The Kier molecular flexibility index (Phi) is 5.23. The van der Waals surface area contributed by atoms with E-state index < -0.39 is 10.5 Å². The van der Waals surface area contributed by atoms with Crippen LogP contribution in [-0.4, -0.2) is 52.7 Å². The molecule has 1 aromatic heterocycles. The zero-order chi connectivity index (χ0) is 19.8. The molecule has 2 aromatic rings. The minimum atomic E-state index is -0.516. The van der Waals surface area contributed by atoms with Gasteiger partial charge in [-0.2, -0.15) is 0 Å². The summed E-state index contributed by atoms with van der Waals surface area (Å²) in [5.41, 5.74) is 0.143. The van der Waals surface area contributed by atoms with E-state index in [0.29, 0.717) is 18.6 Å². The number of likely N-dealkylation sites (N-methyl/N-ethyl adjacent to an activating group) is 1. The number of nitro benzene ring substituents is 1. The lowest BCUT2D eigenvalue weighted by Gasteiger charge is -2.38. The number of nitro groups is 1. The van der Waals surface area contributed by atoms with Crippen LogP contribution in [0.15, 0.2) is 18.2 Å². The van der Waals surface area contributed by atoms with Crippen molar-refractivity contribution in [1.82, 2.24) is 9.88 Å². The number of carbonyl (C=O) groups is 1. The van der Waals surface area contributed by atoms with E-state index in [1.54, 1.807) is 11.0 Å². The van der Waals surface area contributed by atoms with E-state index in [2.05, 4.69) is 9.88 Å². The SMILES string of the molecule is CN(c1nc2cc([N+](=O)[O-])ccc2s1)[C@@H]1CCCN(C(=O)OC(C)(C)C)C1. The van der Waals surface area contributed by atoms with E-state index in [9.17, 15) is 14.9 Å². The second-order valence-electron chi connectivity index (χ2n) is 7.74. The van der Waals surface area contributed by atoms with Crippen LogP contribution in [0.5, 0.6) is 0 Å². The number of carbonyl (C=O) groups excluding carboxylic acids is 1. The van der Waals surface area contributed by atoms with Crippen molar-refractivity contribution < 1.29 is 14.5 Å².